The molecule has 3 rings (SSSR count). The van der Waals surface area contributed by atoms with Crippen LogP contribution in [0.3, 0.4) is 0 Å². The summed E-state index contributed by atoms with van der Waals surface area (Å²) < 4.78 is 5.20. The number of rotatable bonds is 0. The monoisotopic (exact) mass is 309 g/mol. The predicted molar refractivity (Wildman–Crippen MR) is 77.9 cm³/mol. The minimum absolute atomic E-state index is 0.118. The molecule has 3 aliphatic heterocycles. The molecule has 3 fully saturated rings. The molecule has 1 spiro atoms. The van der Waals surface area contributed by atoms with Gasteiger partial charge in [-0.1, -0.05) is 0 Å². The van der Waals surface area contributed by atoms with E-state index < -0.39 is 17.2 Å². The lowest BCUT2D eigenvalue weighted by molar-refractivity contribution is -0.154. The number of ether oxygens (including phenoxy) is 1. The second kappa shape index (κ2) is 5.87. The average Bonchev–Trinajstić information content (AvgIpc) is 2.97. The molecule has 122 valence electrons. The summed E-state index contributed by atoms with van der Waals surface area (Å²) in [6.45, 7) is 3.54. The Kier molecular flexibility index (Phi) is 4.08. The molecular weight excluding hydrogens is 286 g/mol. The highest BCUT2D eigenvalue weighted by Crippen LogP contribution is 2.39. The van der Waals surface area contributed by atoms with Crippen LogP contribution < -0.4 is 0 Å². The van der Waals surface area contributed by atoms with E-state index in [1.54, 1.807) is 14.7 Å². The van der Waals surface area contributed by atoms with Crippen molar-refractivity contribution in [2.24, 2.45) is 5.41 Å². The molecule has 0 saturated carbocycles. The Morgan fingerprint density at radius 3 is 2.41 bits per heavy atom. The third-order valence-electron chi connectivity index (χ3n) is 5.07. The van der Waals surface area contributed by atoms with Gasteiger partial charge < -0.3 is 19.4 Å². The number of carbonyl (C=O) groups is 3. The first kappa shape index (κ1) is 15.3. The van der Waals surface area contributed by atoms with Gasteiger partial charge in [0.05, 0.1) is 18.6 Å². The Labute approximate surface area is 130 Å². The summed E-state index contributed by atoms with van der Waals surface area (Å²) in [4.78, 5) is 42.0. The number of likely N-dealkylation sites (tertiary alicyclic amines) is 2. The number of hydrogen-bond acceptors (Lipinski definition) is 4. The molecule has 0 unspecified atom stereocenters. The Balaban J connectivity index is 1.65. The molecule has 0 aromatic carbocycles. The van der Waals surface area contributed by atoms with Crippen molar-refractivity contribution in [3.8, 4) is 0 Å². The van der Waals surface area contributed by atoms with Crippen molar-refractivity contribution in [3.05, 3.63) is 0 Å². The highest BCUT2D eigenvalue weighted by atomic mass is 16.5. The normalized spacial score (nSPS) is 29.3. The Morgan fingerprint density at radius 2 is 1.68 bits per heavy atom. The van der Waals surface area contributed by atoms with Crippen LogP contribution in [0.15, 0.2) is 0 Å². The van der Waals surface area contributed by atoms with Crippen LogP contribution in [0.4, 0.5) is 0 Å². The minimum Gasteiger partial charge on any atom is -0.378 e. The summed E-state index contributed by atoms with van der Waals surface area (Å²) in [6.07, 6.45) is 2.44. The van der Waals surface area contributed by atoms with E-state index >= 15 is 0 Å². The molecule has 7 heteroatoms. The van der Waals surface area contributed by atoms with Crippen molar-refractivity contribution in [3.63, 3.8) is 0 Å². The smallest absolute Gasteiger partial charge is 0.312 e. The second-order valence-corrected chi connectivity index (χ2v) is 6.49. The number of piperidine rings is 1. The Morgan fingerprint density at radius 1 is 1.00 bits per heavy atom. The van der Waals surface area contributed by atoms with Crippen LogP contribution in [0.25, 0.3) is 0 Å². The van der Waals surface area contributed by atoms with E-state index in [4.69, 9.17) is 4.74 Å². The van der Waals surface area contributed by atoms with E-state index in [0.29, 0.717) is 45.8 Å². The zero-order valence-corrected chi connectivity index (χ0v) is 13.0. The fourth-order valence-electron chi connectivity index (χ4n) is 3.73. The van der Waals surface area contributed by atoms with Crippen molar-refractivity contribution in [1.82, 2.24) is 14.7 Å². The molecule has 0 bridgehead atoms. The van der Waals surface area contributed by atoms with Crippen LogP contribution in [0.2, 0.25) is 0 Å². The number of carbonyl (C=O) groups excluding carboxylic acids is 3. The highest BCUT2D eigenvalue weighted by Gasteiger charge is 2.49. The molecule has 3 aliphatic rings. The van der Waals surface area contributed by atoms with Gasteiger partial charge in [0.25, 0.3) is 0 Å². The van der Waals surface area contributed by atoms with Gasteiger partial charge in [0.15, 0.2) is 0 Å². The summed E-state index contributed by atoms with van der Waals surface area (Å²) in [5.41, 5.74) is -0.464. The largest absolute Gasteiger partial charge is 0.378 e. The van der Waals surface area contributed by atoms with E-state index in [1.807, 2.05) is 7.05 Å². The predicted octanol–water partition coefficient (Wildman–Crippen LogP) is -0.684. The van der Waals surface area contributed by atoms with E-state index in [9.17, 15) is 14.4 Å². The summed E-state index contributed by atoms with van der Waals surface area (Å²) in [5.74, 6) is -0.815. The number of amides is 3. The molecule has 0 aliphatic carbocycles. The third kappa shape index (κ3) is 2.58. The average molecular weight is 309 g/mol. The molecule has 7 nitrogen and oxygen atoms in total. The van der Waals surface area contributed by atoms with Gasteiger partial charge in [-0.2, -0.15) is 0 Å². The van der Waals surface area contributed by atoms with Gasteiger partial charge in [-0.25, -0.2) is 0 Å². The Hall–Kier alpha value is -1.63. The van der Waals surface area contributed by atoms with Crippen LogP contribution in [0, 0.1) is 5.41 Å². The van der Waals surface area contributed by atoms with E-state index in [1.165, 1.54) is 0 Å². The lowest BCUT2D eigenvalue weighted by Crippen LogP contribution is -2.51. The molecule has 0 aromatic rings. The molecule has 0 aromatic heterocycles. The topological polar surface area (TPSA) is 70.2 Å². The van der Waals surface area contributed by atoms with Gasteiger partial charge in [0, 0.05) is 39.8 Å². The lowest BCUT2D eigenvalue weighted by Gasteiger charge is -2.37. The standard InChI is InChI=1S/C15H23N3O4/c1-16-5-2-3-15(14(16)21)4-6-18(11-15)13(20)12(19)17-7-9-22-10-8-17/h2-11H2,1H3/t15-/m0/s1. The van der Waals surface area contributed by atoms with Crippen molar-refractivity contribution in [2.75, 3.05) is 53.0 Å². The summed E-state index contributed by atoms with van der Waals surface area (Å²) in [5, 5.41) is 0. The summed E-state index contributed by atoms with van der Waals surface area (Å²) in [6, 6.07) is 0. The number of hydrogen-bond donors (Lipinski definition) is 0. The van der Waals surface area contributed by atoms with Crippen molar-refractivity contribution in [2.45, 2.75) is 19.3 Å². The second-order valence-electron chi connectivity index (χ2n) is 6.49. The first-order chi connectivity index (χ1) is 10.5. The molecular formula is C15H23N3O4. The van der Waals surface area contributed by atoms with Gasteiger partial charge in [0.2, 0.25) is 5.91 Å². The van der Waals surface area contributed by atoms with Crippen LogP contribution >= 0.6 is 0 Å². The minimum atomic E-state index is -0.472. The quantitative estimate of drug-likeness (QED) is 0.556. The molecule has 3 saturated heterocycles. The van der Waals surface area contributed by atoms with E-state index in [-0.39, 0.29) is 5.91 Å². The maximum atomic E-state index is 12.5. The van der Waals surface area contributed by atoms with Gasteiger partial charge >= 0.3 is 11.8 Å². The highest BCUT2D eigenvalue weighted by molar-refractivity contribution is 6.35. The van der Waals surface area contributed by atoms with Gasteiger partial charge in [-0.15, -0.1) is 0 Å². The van der Waals surface area contributed by atoms with Gasteiger partial charge in [-0.05, 0) is 19.3 Å². The van der Waals surface area contributed by atoms with E-state index in [0.717, 1.165) is 19.4 Å². The Bertz CT molecular complexity index is 489. The summed E-state index contributed by atoms with van der Waals surface area (Å²) in [7, 11) is 1.81. The SMILES string of the molecule is CN1CCC[C@@]2(CCN(C(=O)C(=O)N3CCOCC3)C2)C1=O. The number of morpholine rings is 1. The first-order valence-corrected chi connectivity index (χ1v) is 7.95. The van der Waals surface area contributed by atoms with Crippen molar-refractivity contribution in [1.29, 1.82) is 0 Å². The zero-order valence-electron chi connectivity index (χ0n) is 13.0. The summed E-state index contributed by atoms with van der Waals surface area (Å²) >= 11 is 0. The van der Waals surface area contributed by atoms with Crippen LogP contribution in [-0.2, 0) is 19.1 Å². The fraction of sp³-hybridized carbons (Fsp3) is 0.800. The number of nitrogens with zero attached hydrogens (tertiary/aromatic N) is 3. The maximum absolute atomic E-state index is 12.5. The van der Waals surface area contributed by atoms with Gasteiger partial charge in [-0.3, -0.25) is 14.4 Å². The molecule has 0 radical (unpaired) electrons. The lowest BCUT2D eigenvalue weighted by atomic mass is 9.78. The molecule has 3 amide bonds. The third-order valence-corrected chi connectivity index (χ3v) is 5.07. The zero-order chi connectivity index (χ0) is 15.7. The maximum Gasteiger partial charge on any atom is 0.312 e. The van der Waals surface area contributed by atoms with Crippen molar-refractivity contribution >= 4 is 17.7 Å². The van der Waals surface area contributed by atoms with Crippen LogP contribution in [-0.4, -0.2) is 85.4 Å². The van der Waals surface area contributed by atoms with E-state index in [2.05, 4.69) is 0 Å². The molecule has 0 N–H and O–H groups in total. The molecule has 3 heterocycles. The van der Waals surface area contributed by atoms with Gasteiger partial charge in [0.1, 0.15) is 0 Å². The first-order valence-electron chi connectivity index (χ1n) is 7.95. The van der Waals surface area contributed by atoms with Crippen LogP contribution in [0.5, 0.6) is 0 Å². The van der Waals surface area contributed by atoms with Crippen molar-refractivity contribution < 1.29 is 19.1 Å². The molecule has 22 heavy (non-hydrogen) atoms. The molecule has 1 atom stereocenters. The van der Waals surface area contributed by atoms with Crippen LogP contribution in [0.1, 0.15) is 19.3 Å². The fourth-order valence-corrected chi connectivity index (χ4v) is 3.73.